The molecule has 1 saturated heterocycles. The third kappa shape index (κ3) is 2.48. The molecule has 0 saturated carbocycles. The van der Waals surface area contributed by atoms with E-state index in [4.69, 9.17) is 5.26 Å². The molecule has 64 valence electrons. The third-order valence-corrected chi connectivity index (χ3v) is 1.86. The van der Waals surface area contributed by atoms with Crippen LogP contribution in [0.15, 0.2) is 12.2 Å². The summed E-state index contributed by atoms with van der Waals surface area (Å²) in [4.78, 5) is 12.6. The van der Waals surface area contributed by atoms with Crippen LogP contribution in [0.3, 0.4) is 0 Å². The maximum atomic E-state index is 10.5. The monoisotopic (exact) mass is 164 g/mol. The SMILES string of the molecule is CC(=O)/C=C/CN1CC(C#N)C1. The maximum absolute atomic E-state index is 10.5. The molecule has 1 rings (SSSR count). The van der Waals surface area contributed by atoms with Gasteiger partial charge in [0.25, 0.3) is 0 Å². The van der Waals surface area contributed by atoms with E-state index < -0.39 is 0 Å². The average Bonchev–Trinajstić information content (AvgIpc) is 1.93. The first-order chi connectivity index (χ1) is 5.72. The first kappa shape index (κ1) is 8.95. The Morgan fingerprint density at radius 1 is 1.75 bits per heavy atom. The lowest BCUT2D eigenvalue weighted by Gasteiger charge is -2.34. The van der Waals surface area contributed by atoms with Crippen molar-refractivity contribution in [3.63, 3.8) is 0 Å². The highest BCUT2D eigenvalue weighted by atomic mass is 16.1. The number of allylic oxidation sites excluding steroid dienone is 1. The third-order valence-electron chi connectivity index (χ3n) is 1.86. The Morgan fingerprint density at radius 3 is 2.92 bits per heavy atom. The maximum Gasteiger partial charge on any atom is 0.152 e. The van der Waals surface area contributed by atoms with E-state index in [0.29, 0.717) is 0 Å². The Hall–Kier alpha value is -1.14. The smallest absolute Gasteiger partial charge is 0.152 e. The fourth-order valence-corrected chi connectivity index (χ4v) is 1.17. The fourth-order valence-electron chi connectivity index (χ4n) is 1.17. The molecule has 0 spiro atoms. The van der Waals surface area contributed by atoms with Crippen LogP contribution in [0.1, 0.15) is 6.92 Å². The Balaban J connectivity index is 2.12. The molecule has 0 bridgehead atoms. The van der Waals surface area contributed by atoms with Gasteiger partial charge in [0.05, 0.1) is 12.0 Å². The quantitative estimate of drug-likeness (QED) is 0.573. The van der Waals surface area contributed by atoms with Gasteiger partial charge in [0.2, 0.25) is 0 Å². The van der Waals surface area contributed by atoms with Gasteiger partial charge in [0.15, 0.2) is 5.78 Å². The molecular weight excluding hydrogens is 152 g/mol. The number of hydrogen-bond acceptors (Lipinski definition) is 3. The fraction of sp³-hybridized carbons (Fsp3) is 0.556. The van der Waals surface area contributed by atoms with Crippen molar-refractivity contribution in [2.24, 2.45) is 5.92 Å². The van der Waals surface area contributed by atoms with Crippen molar-refractivity contribution in [1.82, 2.24) is 4.90 Å². The van der Waals surface area contributed by atoms with Crippen molar-refractivity contribution < 1.29 is 4.79 Å². The van der Waals surface area contributed by atoms with Crippen molar-refractivity contribution in [2.45, 2.75) is 6.92 Å². The zero-order chi connectivity index (χ0) is 8.97. The van der Waals surface area contributed by atoms with Crippen molar-refractivity contribution in [3.8, 4) is 6.07 Å². The van der Waals surface area contributed by atoms with Crippen molar-refractivity contribution in [2.75, 3.05) is 19.6 Å². The zero-order valence-corrected chi connectivity index (χ0v) is 7.16. The van der Waals surface area contributed by atoms with Crippen LogP contribution in [0.2, 0.25) is 0 Å². The first-order valence-electron chi connectivity index (χ1n) is 4.01. The molecule has 3 nitrogen and oxygen atoms in total. The number of rotatable bonds is 3. The molecule has 0 aliphatic carbocycles. The average molecular weight is 164 g/mol. The van der Waals surface area contributed by atoms with Gasteiger partial charge in [0, 0.05) is 19.6 Å². The van der Waals surface area contributed by atoms with Crippen molar-refractivity contribution in [3.05, 3.63) is 12.2 Å². The topological polar surface area (TPSA) is 44.1 Å². The molecule has 1 aliphatic heterocycles. The van der Waals surface area contributed by atoms with Crippen LogP contribution in [-0.2, 0) is 4.79 Å². The largest absolute Gasteiger partial charge is 0.297 e. The summed E-state index contributed by atoms with van der Waals surface area (Å²) in [6.07, 6.45) is 3.41. The van der Waals surface area contributed by atoms with Crippen LogP contribution in [0.4, 0.5) is 0 Å². The molecule has 0 radical (unpaired) electrons. The van der Waals surface area contributed by atoms with Crippen LogP contribution in [0.25, 0.3) is 0 Å². The molecule has 1 aliphatic rings. The van der Waals surface area contributed by atoms with Gasteiger partial charge in [-0.15, -0.1) is 0 Å². The van der Waals surface area contributed by atoms with E-state index in [1.807, 2.05) is 6.08 Å². The van der Waals surface area contributed by atoms with Gasteiger partial charge >= 0.3 is 0 Å². The second-order valence-electron chi connectivity index (χ2n) is 3.06. The molecule has 0 N–H and O–H groups in total. The Kier molecular flexibility index (Phi) is 3.01. The van der Waals surface area contributed by atoms with E-state index in [-0.39, 0.29) is 11.7 Å². The number of ketones is 1. The molecule has 12 heavy (non-hydrogen) atoms. The molecule has 3 heteroatoms. The number of nitriles is 1. The zero-order valence-electron chi connectivity index (χ0n) is 7.16. The van der Waals surface area contributed by atoms with Crippen LogP contribution < -0.4 is 0 Å². The van der Waals surface area contributed by atoms with Gasteiger partial charge in [-0.05, 0) is 13.0 Å². The van der Waals surface area contributed by atoms with Gasteiger partial charge < -0.3 is 0 Å². The summed E-state index contributed by atoms with van der Waals surface area (Å²) in [7, 11) is 0. The summed E-state index contributed by atoms with van der Waals surface area (Å²) in [6.45, 7) is 4.01. The minimum absolute atomic E-state index is 0.0763. The van der Waals surface area contributed by atoms with Gasteiger partial charge in [-0.1, -0.05) is 6.08 Å². The van der Waals surface area contributed by atoms with Crippen LogP contribution in [-0.4, -0.2) is 30.3 Å². The van der Waals surface area contributed by atoms with E-state index in [0.717, 1.165) is 19.6 Å². The van der Waals surface area contributed by atoms with E-state index in [1.165, 1.54) is 6.92 Å². The first-order valence-corrected chi connectivity index (χ1v) is 4.01. The van der Waals surface area contributed by atoms with E-state index in [9.17, 15) is 4.79 Å². The van der Waals surface area contributed by atoms with Crippen molar-refractivity contribution >= 4 is 5.78 Å². The predicted molar refractivity (Wildman–Crippen MR) is 45.4 cm³/mol. The number of hydrogen-bond donors (Lipinski definition) is 0. The van der Waals surface area contributed by atoms with Crippen LogP contribution in [0.5, 0.6) is 0 Å². The van der Waals surface area contributed by atoms with E-state index in [1.54, 1.807) is 6.08 Å². The molecule has 0 amide bonds. The molecule has 1 fully saturated rings. The highest BCUT2D eigenvalue weighted by Crippen LogP contribution is 2.12. The molecule has 0 aromatic rings. The molecule has 0 aromatic heterocycles. The second-order valence-corrected chi connectivity index (χ2v) is 3.06. The lowest BCUT2D eigenvalue weighted by molar-refractivity contribution is -0.112. The lowest BCUT2D eigenvalue weighted by Crippen LogP contribution is -2.45. The van der Waals surface area contributed by atoms with E-state index in [2.05, 4.69) is 11.0 Å². The van der Waals surface area contributed by atoms with Gasteiger partial charge in [-0.2, -0.15) is 5.26 Å². The second kappa shape index (κ2) is 4.03. The number of likely N-dealkylation sites (tertiary alicyclic amines) is 1. The Morgan fingerprint density at radius 2 is 2.42 bits per heavy atom. The predicted octanol–water partition coefficient (Wildman–Crippen LogP) is 0.587. The van der Waals surface area contributed by atoms with E-state index >= 15 is 0 Å². The number of carbonyl (C=O) groups excluding carboxylic acids is 1. The molecule has 1 heterocycles. The summed E-state index contributed by atoms with van der Waals surface area (Å²) in [5, 5.41) is 8.47. The summed E-state index contributed by atoms with van der Waals surface area (Å²) in [6, 6.07) is 2.20. The molecule has 0 atom stereocenters. The number of carbonyl (C=O) groups is 1. The minimum Gasteiger partial charge on any atom is -0.297 e. The molecule has 0 unspecified atom stereocenters. The Bertz CT molecular complexity index is 233. The number of nitrogens with zero attached hydrogens (tertiary/aromatic N) is 2. The van der Waals surface area contributed by atoms with Crippen LogP contribution >= 0.6 is 0 Å². The summed E-state index contributed by atoms with van der Waals surface area (Å²) >= 11 is 0. The highest BCUT2D eigenvalue weighted by Gasteiger charge is 2.24. The summed E-state index contributed by atoms with van der Waals surface area (Å²) < 4.78 is 0. The van der Waals surface area contributed by atoms with Crippen molar-refractivity contribution in [1.29, 1.82) is 5.26 Å². The Labute approximate surface area is 72.3 Å². The summed E-state index contributed by atoms with van der Waals surface area (Å²) in [5.41, 5.74) is 0. The van der Waals surface area contributed by atoms with Gasteiger partial charge in [-0.3, -0.25) is 9.69 Å². The van der Waals surface area contributed by atoms with Gasteiger partial charge in [-0.25, -0.2) is 0 Å². The summed E-state index contributed by atoms with van der Waals surface area (Å²) in [5.74, 6) is 0.281. The van der Waals surface area contributed by atoms with Crippen LogP contribution in [0, 0.1) is 17.2 Å². The normalized spacial score (nSPS) is 19.0. The highest BCUT2D eigenvalue weighted by molar-refractivity contribution is 5.87. The minimum atomic E-state index is 0.0763. The molecule has 0 aromatic carbocycles. The van der Waals surface area contributed by atoms with Gasteiger partial charge in [0.1, 0.15) is 0 Å². The standard InChI is InChI=1S/C9H12N2O/c1-8(12)3-2-4-11-6-9(5-10)7-11/h2-3,9H,4,6-7H2,1H3/b3-2+. The lowest BCUT2D eigenvalue weighted by atomic mass is 10.0. The molecular formula is C9H12N2O.